The van der Waals surface area contributed by atoms with Crippen molar-refractivity contribution < 1.29 is 0 Å². The van der Waals surface area contributed by atoms with Crippen LogP contribution in [0, 0.1) is 0 Å². The maximum absolute atomic E-state index is 5.40. The van der Waals surface area contributed by atoms with E-state index in [1.807, 2.05) is 0 Å². The minimum absolute atomic E-state index is 0.699. The highest BCUT2D eigenvalue weighted by molar-refractivity contribution is 6.26. The smallest absolute Gasteiger partial charge is 0.161 e. The fourth-order valence-electron chi connectivity index (χ4n) is 9.98. The molecule has 0 saturated heterocycles. The summed E-state index contributed by atoms with van der Waals surface area (Å²) in [5.74, 6) is 0.699. The number of nitrogens with zero attached hydrogens (tertiary/aromatic N) is 4. The second-order valence-electron chi connectivity index (χ2n) is 16.1. The Morgan fingerprint density at radius 3 is 1.50 bits per heavy atom. The first-order chi connectivity index (χ1) is 30.8. The molecule has 0 saturated carbocycles. The topological polar surface area (TPSA) is 35.6 Å². The highest BCUT2D eigenvalue weighted by atomic mass is 15.0. The van der Waals surface area contributed by atoms with Gasteiger partial charge in [0.2, 0.25) is 0 Å². The lowest BCUT2D eigenvalue weighted by Crippen LogP contribution is -1.98. The van der Waals surface area contributed by atoms with E-state index in [4.69, 9.17) is 9.97 Å². The maximum Gasteiger partial charge on any atom is 0.161 e. The molecule has 0 aliphatic rings. The first-order valence-corrected chi connectivity index (χ1v) is 21.2. The molecular formula is C58H36N4. The van der Waals surface area contributed by atoms with E-state index in [2.05, 4.69) is 228 Å². The highest BCUT2D eigenvalue weighted by Gasteiger charge is 2.22. The molecule has 288 valence electrons. The van der Waals surface area contributed by atoms with Crippen LogP contribution in [0.5, 0.6) is 0 Å². The molecule has 0 aliphatic heterocycles. The Morgan fingerprint density at radius 2 is 0.806 bits per heavy atom. The summed E-state index contributed by atoms with van der Waals surface area (Å²) in [5, 5.41) is 11.9. The van der Waals surface area contributed by atoms with Crippen LogP contribution >= 0.6 is 0 Å². The number of para-hydroxylation sites is 3. The number of hydrogen-bond donors (Lipinski definition) is 0. The summed E-state index contributed by atoms with van der Waals surface area (Å²) in [5.41, 5.74) is 12.0. The summed E-state index contributed by atoms with van der Waals surface area (Å²) in [6, 6.07) is 78.5. The Kier molecular flexibility index (Phi) is 7.57. The Bertz CT molecular complexity index is 3820. The quantitative estimate of drug-likeness (QED) is 0.174. The van der Waals surface area contributed by atoms with Gasteiger partial charge in [0.25, 0.3) is 0 Å². The van der Waals surface area contributed by atoms with Crippen molar-refractivity contribution >= 4 is 75.9 Å². The molecule has 4 nitrogen and oxygen atoms in total. The molecule has 0 aliphatic carbocycles. The largest absolute Gasteiger partial charge is 0.309 e. The van der Waals surface area contributed by atoms with Crippen LogP contribution in [0.15, 0.2) is 218 Å². The van der Waals surface area contributed by atoms with Crippen LogP contribution in [-0.4, -0.2) is 19.1 Å². The number of rotatable bonds is 5. The van der Waals surface area contributed by atoms with E-state index in [1.54, 1.807) is 0 Å². The van der Waals surface area contributed by atoms with E-state index >= 15 is 0 Å². The van der Waals surface area contributed by atoms with E-state index in [-0.39, 0.29) is 0 Å². The molecule has 4 heteroatoms. The van der Waals surface area contributed by atoms with Crippen molar-refractivity contribution in [3.8, 4) is 45.3 Å². The normalized spacial score (nSPS) is 11.9. The lowest BCUT2D eigenvalue weighted by Gasteiger charge is -2.14. The van der Waals surface area contributed by atoms with Crippen LogP contribution in [0.4, 0.5) is 0 Å². The first kappa shape index (κ1) is 34.5. The minimum Gasteiger partial charge on any atom is -0.309 e. The lowest BCUT2D eigenvalue weighted by atomic mass is 9.97. The van der Waals surface area contributed by atoms with Gasteiger partial charge in [-0.3, -0.25) is 0 Å². The van der Waals surface area contributed by atoms with Crippen molar-refractivity contribution in [2.24, 2.45) is 0 Å². The van der Waals surface area contributed by atoms with Gasteiger partial charge in [-0.15, -0.1) is 0 Å². The summed E-state index contributed by atoms with van der Waals surface area (Å²) in [6.07, 6.45) is 0. The minimum atomic E-state index is 0.699. The SMILES string of the molecule is c1ccc(-n2c3ccccc3c3ccc4c(c5ccccc5n4-c4ccc5c(-c6nc(-c7cccc8ccccc78)cc(-c7cccc8ccccc78)n6)cccc5c4)c32)cc1. The molecule has 0 spiro atoms. The predicted molar refractivity (Wildman–Crippen MR) is 260 cm³/mol. The van der Waals surface area contributed by atoms with Crippen molar-refractivity contribution in [2.75, 3.05) is 0 Å². The van der Waals surface area contributed by atoms with Gasteiger partial charge in [-0.25, -0.2) is 9.97 Å². The van der Waals surface area contributed by atoms with Crippen LogP contribution in [0.3, 0.4) is 0 Å². The molecule has 0 atom stereocenters. The zero-order chi connectivity index (χ0) is 40.7. The van der Waals surface area contributed by atoms with Gasteiger partial charge in [0.05, 0.1) is 33.5 Å². The number of aromatic nitrogens is 4. The zero-order valence-electron chi connectivity index (χ0n) is 33.6. The van der Waals surface area contributed by atoms with Crippen molar-refractivity contribution in [1.29, 1.82) is 0 Å². The van der Waals surface area contributed by atoms with Gasteiger partial charge in [0.1, 0.15) is 0 Å². The van der Waals surface area contributed by atoms with Gasteiger partial charge in [-0.1, -0.05) is 170 Å². The Hall–Kier alpha value is -8.34. The van der Waals surface area contributed by atoms with Crippen molar-refractivity contribution in [2.45, 2.75) is 0 Å². The maximum atomic E-state index is 5.40. The Morgan fingerprint density at radius 1 is 0.290 bits per heavy atom. The molecule has 13 rings (SSSR count). The molecular weight excluding hydrogens is 753 g/mol. The average Bonchev–Trinajstić information content (AvgIpc) is 3.86. The fraction of sp³-hybridized carbons (Fsp3) is 0. The van der Waals surface area contributed by atoms with Gasteiger partial charge in [0.15, 0.2) is 5.82 Å². The van der Waals surface area contributed by atoms with Crippen LogP contribution < -0.4 is 0 Å². The second-order valence-corrected chi connectivity index (χ2v) is 16.1. The number of fused-ring (bicyclic) bond motifs is 10. The van der Waals surface area contributed by atoms with Gasteiger partial charge in [-0.05, 0) is 80.8 Å². The molecule has 0 radical (unpaired) electrons. The molecule has 3 heterocycles. The van der Waals surface area contributed by atoms with Crippen molar-refractivity contribution in [1.82, 2.24) is 19.1 Å². The molecule has 10 aromatic carbocycles. The third-order valence-corrected chi connectivity index (χ3v) is 12.7. The number of benzene rings is 10. The summed E-state index contributed by atoms with van der Waals surface area (Å²) in [7, 11) is 0. The standard InChI is InChI=1S/C58H36N4/c1-2-20-40(21-3-1)62-53-29-10-8-24-47(53)48-33-34-55-56(57(48)62)50-25-9-11-30-54(50)61(55)41-31-32-44-39(35-41)19-14-28-49(44)58-59-51(45-26-12-17-37-15-4-6-22-42(37)45)36-52(60-58)46-27-13-18-38-16-5-7-23-43(38)46/h1-36H. The predicted octanol–water partition coefficient (Wildman–Crippen LogP) is 15.1. The van der Waals surface area contributed by atoms with E-state index in [9.17, 15) is 0 Å². The highest BCUT2D eigenvalue weighted by Crippen LogP contribution is 2.43. The van der Waals surface area contributed by atoms with Crippen LogP contribution in [0.2, 0.25) is 0 Å². The third-order valence-electron chi connectivity index (χ3n) is 12.7. The van der Waals surface area contributed by atoms with E-state index in [0.717, 1.165) is 50.2 Å². The fourth-order valence-corrected chi connectivity index (χ4v) is 9.98. The van der Waals surface area contributed by atoms with Crippen molar-refractivity contribution in [3.63, 3.8) is 0 Å². The summed E-state index contributed by atoms with van der Waals surface area (Å²) in [6.45, 7) is 0. The molecule has 0 fully saturated rings. The van der Waals surface area contributed by atoms with Crippen LogP contribution in [0.1, 0.15) is 0 Å². The van der Waals surface area contributed by atoms with Crippen LogP contribution in [0.25, 0.3) is 121 Å². The number of hydrogen-bond acceptors (Lipinski definition) is 2. The molecule has 3 aromatic heterocycles. The summed E-state index contributed by atoms with van der Waals surface area (Å²) >= 11 is 0. The first-order valence-electron chi connectivity index (χ1n) is 21.2. The van der Waals surface area contributed by atoms with E-state index < -0.39 is 0 Å². The van der Waals surface area contributed by atoms with E-state index in [0.29, 0.717) is 5.82 Å². The zero-order valence-corrected chi connectivity index (χ0v) is 33.6. The summed E-state index contributed by atoms with van der Waals surface area (Å²) in [4.78, 5) is 10.8. The van der Waals surface area contributed by atoms with Crippen LogP contribution in [-0.2, 0) is 0 Å². The lowest BCUT2D eigenvalue weighted by molar-refractivity contribution is 1.18. The Balaban J connectivity index is 1.04. The monoisotopic (exact) mass is 788 g/mol. The molecule has 0 amide bonds. The molecule has 62 heavy (non-hydrogen) atoms. The molecule has 13 aromatic rings. The van der Waals surface area contributed by atoms with Crippen molar-refractivity contribution in [3.05, 3.63) is 218 Å². The summed E-state index contributed by atoms with van der Waals surface area (Å²) < 4.78 is 4.87. The van der Waals surface area contributed by atoms with Gasteiger partial charge < -0.3 is 9.13 Å². The van der Waals surface area contributed by atoms with E-state index in [1.165, 1.54) is 65.2 Å². The second kappa shape index (κ2) is 13.6. The molecule has 0 N–H and O–H groups in total. The third kappa shape index (κ3) is 5.20. The van der Waals surface area contributed by atoms with Gasteiger partial charge >= 0.3 is 0 Å². The Labute approximate surface area is 357 Å². The molecule has 0 bridgehead atoms. The van der Waals surface area contributed by atoms with Gasteiger partial charge in [-0.2, -0.15) is 0 Å². The average molecular weight is 789 g/mol. The van der Waals surface area contributed by atoms with Gasteiger partial charge in [0, 0.05) is 49.6 Å². The molecule has 0 unspecified atom stereocenters.